The molecule has 4 nitrogen and oxygen atoms in total. The van der Waals surface area contributed by atoms with E-state index >= 15 is 0 Å². The van der Waals surface area contributed by atoms with Crippen LogP contribution in [0, 0.1) is 10.1 Å². The highest BCUT2D eigenvalue weighted by molar-refractivity contribution is 5.63. The van der Waals surface area contributed by atoms with Gasteiger partial charge in [0.15, 0.2) is 0 Å². The van der Waals surface area contributed by atoms with Crippen molar-refractivity contribution in [3.05, 3.63) is 45.6 Å². The number of rotatable bonds is 4. The molecule has 0 heterocycles. The van der Waals surface area contributed by atoms with Crippen LogP contribution in [0.3, 0.4) is 0 Å². The summed E-state index contributed by atoms with van der Waals surface area (Å²) in [5, 5.41) is 13.0. The first-order valence-electron chi connectivity index (χ1n) is 5.50. The Morgan fingerprint density at radius 2 is 1.95 bits per heavy atom. The molecule has 1 rings (SSSR count). The van der Waals surface area contributed by atoms with Crippen molar-refractivity contribution >= 4 is 11.8 Å². The van der Waals surface area contributed by atoms with E-state index in [1.165, 1.54) is 18.2 Å². The molecule has 0 atom stereocenters. The molecule has 104 valence electrons. The standard InChI is InChI=1S/C12H13F3N2O2/c1-8(2)16-11(12(13,14)15)7-9-5-3-4-6-10(9)17(18)19/h3-8,16H,1-2H3/b11-7-. The molecule has 0 fully saturated rings. The van der Waals surface area contributed by atoms with Gasteiger partial charge in [-0.1, -0.05) is 12.1 Å². The van der Waals surface area contributed by atoms with Crippen molar-refractivity contribution < 1.29 is 18.1 Å². The van der Waals surface area contributed by atoms with Crippen LogP contribution in [0.2, 0.25) is 0 Å². The molecule has 1 aromatic rings. The SMILES string of the molecule is CC(C)N/C(=C\c1ccccc1[N+](=O)[O-])C(F)(F)F. The normalized spacial score (nSPS) is 12.6. The summed E-state index contributed by atoms with van der Waals surface area (Å²) in [6.07, 6.45) is -3.84. The lowest BCUT2D eigenvalue weighted by molar-refractivity contribution is -0.385. The van der Waals surface area contributed by atoms with Crippen molar-refractivity contribution in [3.8, 4) is 0 Å². The fraction of sp³-hybridized carbons (Fsp3) is 0.333. The monoisotopic (exact) mass is 274 g/mol. The van der Waals surface area contributed by atoms with E-state index in [9.17, 15) is 23.3 Å². The van der Waals surface area contributed by atoms with Gasteiger partial charge in [-0.25, -0.2) is 0 Å². The average Bonchev–Trinajstić information content (AvgIpc) is 2.26. The second kappa shape index (κ2) is 5.73. The van der Waals surface area contributed by atoms with Crippen molar-refractivity contribution in [1.82, 2.24) is 5.32 Å². The van der Waals surface area contributed by atoms with Crippen LogP contribution in [-0.2, 0) is 0 Å². The average molecular weight is 274 g/mol. The van der Waals surface area contributed by atoms with Crippen LogP contribution in [0.5, 0.6) is 0 Å². The minimum absolute atomic E-state index is 0.0898. The molecule has 0 unspecified atom stereocenters. The van der Waals surface area contributed by atoms with Gasteiger partial charge >= 0.3 is 6.18 Å². The number of nitrogens with zero attached hydrogens (tertiary/aromatic N) is 1. The van der Waals surface area contributed by atoms with Crippen molar-refractivity contribution in [2.24, 2.45) is 0 Å². The van der Waals surface area contributed by atoms with E-state index in [1.54, 1.807) is 13.8 Å². The number of hydrogen-bond acceptors (Lipinski definition) is 3. The number of allylic oxidation sites excluding steroid dienone is 1. The Kier molecular flexibility index (Phi) is 4.52. The first kappa shape index (κ1) is 15.0. The van der Waals surface area contributed by atoms with E-state index in [-0.39, 0.29) is 11.3 Å². The van der Waals surface area contributed by atoms with Crippen molar-refractivity contribution in [2.75, 3.05) is 0 Å². The Labute approximate surface area is 108 Å². The van der Waals surface area contributed by atoms with Gasteiger partial charge in [-0.15, -0.1) is 0 Å². The van der Waals surface area contributed by atoms with Crippen LogP contribution >= 0.6 is 0 Å². The van der Waals surface area contributed by atoms with Crippen LogP contribution in [-0.4, -0.2) is 17.1 Å². The summed E-state index contributed by atoms with van der Waals surface area (Å²) in [6.45, 7) is 3.11. The summed E-state index contributed by atoms with van der Waals surface area (Å²) in [4.78, 5) is 10.0. The first-order valence-corrected chi connectivity index (χ1v) is 5.50. The van der Waals surface area contributed by atoms with Gasteiger partial charge in [-0.2, -0.15) is 13.2 Å². The minimum atomic E-state index is -4.59. The molecule has 0 aliphatic rings. The predicted octanol–water partition coefficient (Wildman–Crippen LogP) is 3.50. The van der Waals surface area contributed by atoms with E-state index in [0.29, 0.717) is 0 Å². The lowest BCUT2D eigenvalue weighted by Gasteiger charge is -2.17. The number of nitro benzene ring substituents is 1. The first-order chi connectivity index (χ1) is 8.71. The highest BCUT2D eigenvalue weighted by atomic mass is 19.4. The quantitative estimate of drug-likeness (QED) is 0.675. The second-order valence-electron chi connectivity index (χ2n) is 4.17. The topological polar surface area (TPSA) is 55.2 Å². The molecule has 0 saturated heterocycles. The van der Waals surface area contributed by atoms with Crippen LogP contribution in [0.1, 0.15) is 19.4 Å². The third-order valence-electron chi connectivity index (χ3n) is 2.18. The lowest BCUT2D eigenvalue weighted by Crippen LogP contribution is -2.31. The zero-order chi connectivity index (χ0) is 14.6. The number of para-hydroxylation sites is 1. The van der Waals surface area contributed by atoms with Crippen molar-refractivity contribution in [2.45, 2.75) is 26.1 Å². The fourth-order valence-electron chi connectivity index (χ4n) is 1.45. The minimum Gasteiger partial charge on any atom is -0.379 e. The van der Waals surface area contributed by atoms with E-state index < -0.39 is 22.8 Å². The van der Waals surface area contributed by atoms with Gasteiger partial charge in [0.05, 0.1) is 10.5 Å². The highest BCUT2D eigenvalue weighted by Gasteiger charge is 2.34. The molecule has 19 heavy (non-hydrogen) atoms. The molecule has 0 aliphatic heterocycles. The maximum Gasteiger partial charge on any atom is 0.430 e. The summed E-state index contributed by atoms with van der Waals surface area (Å²) in [6, 6.07) is 4.85. The van der Waals surface area contributed by atoms with E-state index in [1.807, 2.05) is 0 Å². The second-order valence-corrected chi connectivity index (χ2v) is 4.17. The number of nitro groups is 1. The molecule has 1 aromatic carbocycles. The highest BCUT2D eigenvalue weighted by Crippen LogP contribution is 2.28. The lowest BCUT2D eigenvalue weighted by atomic mass is 10.1. The molecule has 0 radical (unpaired) electrons. The molecule has 0 bridgehead atoms. The largest absolute Gasteiger partial charge is 0.430 e. The molecular weight excluding hydrogens is 261 g/mol. The number of nitrogens with one attached hydrogen (secondary N) is 1. The van der Waals surface area contributed by atoms with E-state index in [0.717, 1.165) is 12.1 Å². The molecular formula is C12H13F3N2O2. The smallest absolute Gasteiger partial charge is 0.379 e. The van der Waals surface area contributed by atoms with Crippen LogP contribution in [0.25, 0.3) is 6.08 Å². The number of hydrogen-bond donors (Lipinski definition) is 1. The summed E-state index contributed by atoms with van der Waals surface area (Å²) < 4.78 is 38.4. The van der Waals surface area contributed by atoms with Gasteiger partial charge < -0.3 is 5.32 Å². The summed E-state index contributed by atoms with van der Waals surface area (Å²) >= 11 is 0. The van der Waals surface area contributed by atoms with Crippen LogP contribution in [0.15, 0.2) is 30.0 Å². The van der Waals surface area contributed by atoms with Crippen LogP contribution < -0.4 is 5.32 Å². The summed E-state index contributed by atoms with van der Waals surface area (Å²) in [5.74, 6) is 0. The molecule has 7 heteroatoms. The van der Waals surface area contributed by atoms with Gasteiger partial charge in [0.25, 0.3) is 5.69 Å². The number of alkyl halides is 3. The van der Waals surface area contributed by atoms with Crippen molar-refractivity contribution in [1.29, 1.82) is 0 Å². The maximum absolute atomic E-state index is 12.8. The fourth-order valence-corrected chi connectivity index (χ4v) is 1.45. The number of halogens is 3. The zero-order valence-electron chi connectivity index (χ0n) is 10.4. The van der Waals surface area contributed by atoms with Crippen LogP contribution in [0.4, 0.5) is 18.9 Å². The summed E-state index contributed by atoms with van der Waals surface area (Å²) in [7, 11) is 0. The predicted molar refractivity (Wildman–Crippen MR) is 65.4 cm³/mol. The Morgan fingerprint density at radius 1 is 1.37 bits per heavy atom. The molecule has 0 aromatic heterocycles. The molecule has 0 aliphatic carbocycles. The summed E-state index contributed by atoms with van der Waals surface area (Å²) in [5.41, 5.74) is -1.46. The van der Waals surface area contributed by atoms with Gasteiger partial charge in [-0.3, -0.25) is 10.1 Å². The third kappa shape index (κ3) is 4.27. The Hall–Kier alpha value is -2.05. The van der Waals surface area contributed by atoms with Gasteiger partial charge in [-0.05, 0) is 26.0 Å². The number of benzene rings is 1. The third-order valence-corrected chi connectivity index (χ3v) is 2.18. The Balaban J connectivity index is 3.26. The molecule has 0 amide bonds. The zero-order valence-corrected chi connectivity index (χ0v) is 10.4. The molecule has 0 spiro atoms. The Morgan fingerprint density at radius 3 is 2.42 bits per heavy atom. The molecule has 0 saturated carbocycles. The van der Waals surface area contributed by atoms with E-state index in [4.69, 9.17) is 0 Å². The van der Waals surface area contributed by atoms with Gasteiger partial charge in [0.2, 0.25) is 0 Å². The maximum atomic E-state index is 12.8. The Bertz CT molecular complexity index is 496. The molecule has 1 N–H and O–H groups in total. The van der Waals surface area contributed by atoms with Crippen molar-refractivity contribution in [3.63, 3.8) is 0 Å². The van der Waals surface area contributed by atoms with Gasteiger partial charge in [0, 0.05) is 12.1 Å². The van der Waals surface area contributed by atoms with Gasteiger partial charge in [0.1, 0.15) is 5.70 Å². The van der Waals surface area contributed by atoms with E-state index in [2.05, 4.69) is 5.32 Å².